The Morgan fingerprint density at radius 1 is 1.07 bits per heavy atom. The second-order valence-electron chi connectivity index (χ2n) is 5.97. The molecule has 2 heterocycles. The molecule has 7 nitrogen and oxygen atoms in total. The number of hydrogen-bond acceptors (Lipinski definition) is 7. The first-order valence-corrected chi connectivity index (χ1v) is 8.34. The fraction of sp³-hybridized carbons (Fsp3) is 0.100. The zero-order valence-electron chi connectivity index (χ0n) is 14.6. The molecule has 0 bridgehead atoms. The van der Waals surface area contributed by atoms with Crippen molar-refractivity contribution in [3.63, 3.8) is 0 Å². The van der Waals surface area contributed by atoms with Crippen LogP contribution in [0, 0.1) is 5.82 Å². The molecule has 0 unspecified atom stereocenters. The predicted octanol–water partition coefficient (Wildman–Crippen LogP) is 3.90. The van der Waals surface area contributed by atoms with Crippen molar-refractivity contribution in [3.05, 3.63) is 82.3 Å². The normalized spacial score (nSPS) is 12.1. The average molecular weight is 380 g/mol. The lowest BCUT2D eigenvalue weighted by molar-refractivity contribution is 0.0245. The van der Waals surface area contributed by atoms with Crippen LogP contribution in [0.2, 0.25) is 0 Å². The number of ether oxygens (including phenoxy) is 1. The van der Waals surface area contributed by atoms with Gasteiger partial charge in [0, 0.05) is 11.6 Å². The molecule has 140 valence electrons. The predicted molar refractivity (Wildman–Crippen MR) is 96.0 cm³/mol. The van der Waals surface area contributed by atoms with Crippen LogP contribution in [-0.2, 0) is 4.74 Å². The third kappa shape index (κ3) is 3.39. The van der Waals surface area contributed by atoms with E-state index < -0.39 is 12.1 Å². The third-order valence-electron chi connectivity index (χ3n) is 4.00. The maximum Gasteiger partial charge on any atom is 0.375 e. The average Bonchev–Trinajstić information content (AvgIpc) is 3.19. The Kier molecular flexibility index (Phi) is 4.44. The van der Waals surface area contributed by atoms with Gasteiger partial charge >= 0.3 is 5.97 Å². The van der Waals surface area contributed by atoms with Crippen LogP contribution in [0.4, 0.5) is 4.39 Å². The minimum absolute atomic E-state index is 0.0517. The first kappa shape index (κ1) is 17.6. The molecule has 2 aromatic carbocycles. The largest absolute Gasteiger partial charge is 0.449 e. The summed E-state index contributed by atoms with van der Waals surface area (Å²) in [5.74, 6) is -1.24. The lowest BCUT2D eigenvalue weighted by Gasteiger charge is -2.09. The van der Waals surface area contributed by atoms with E-state index in [-0.39, 0.29) is 34.4 Å². The summed E-state index contributed by atoms with van der Waals surface area (Å²) in [4.78, 5) is 24.5. The number of esters is 1. The van der Waals surface area contributed by atoms with Crippen molar-refractivity contribution in [2.75, 3.05) is 0 Å². The Labute approximate surface area is 157 Å². The highest BCUT2D eigenvalue weighted by Crippen LogP contribution is 2.23. The maximum absolute atomic E-state index is 13.0. The second kappa shape index (κ2) is 7.07. The van der Waals surface area contributed by atoms with E-state index in [1.807, 2.05) is 0 Å². The molecule has 4 rings (SSSR count). The second-order valence-corrected chi connectivity index (χ2v) is 5.97. The van der Waals surface area contributed by atoms with Crippen LogP contribution in [0.15, 0.2) is 68.2 Å². The van der Waals surface area contributed by atoms with Gasteiger partial charge in [0.2, 0.25) is 11.7 Å². The molecule has 8 heteroatoms. The molecule has 0 saturated carbocycles. The lowest BCUT2D eigenvalue weighted by Crippen LogP contribution is -2.12. The SMILES string of the molecule is C[C@H](OC(=O)c1cc(=O)c2ccccc2o1)c1nnc(-c2ccc(F)cc2)o1. The number of halogens is 1. The van der Waals surface area contributed by atoms with Gasteiger partial charge in [-0.05, 0) is 43.3 Å². The number of fused-ring (bicyclic) bond motifs is 1. The van der Waals surface area contributed by atoms with Crippen molar-refractivity contribution in [2.24, 2.45) is 0 Å². The molecule has 0 radical (unpaired) electrons. The number of carbonyl (C=O) groups is 1. The van der Waals surface area contributed by atoms with Gasteiger partial charge in [-0.25, -0.2) is 9.18 Å². The van der Waals surface area contributed by atoms with Crippen molar-refractivity contribution in [3.8, 4) is 11.5 Å². The molecule has 1 atom stereocenters. The lowest BCUT2D eigenvalue weighted by atomic mass is 10.2. The molecule has 0 N–H and O–H groups in total. The van der Waals surface area contributed by atoms with Crippen LogP contribution < -0.4 is 5.43 Å². The van der Waals surface area contributed by atoms with E-state index in [9.17, 15) is 14.0 Å². The first-order chi connectivity index (χ1) is 13.5. The maximum atomic E-state index is 13.0. The van der Waals surface area contributed by atoms with Gasteiger partial charge in [0.15, 0.2) is 11.5 Å². The molecule has 0 aliphatic heterocycles. The molecule has 0 fully saturated rings. The molecule has 0 spiro atoms. The van der Waals surface area contributed by atoms with E-state index in [0.29, 0.717) is 10.9 Å². The number of carbonyl (C=O) groups excluding carboxylic acids is 1. The van der Waals surface area contributed by atoms with Gasteiger partial charge in [0.1, 0.15) is 11.4 Å². The van der Waals surface area contributed by atoms with Gasteiger partial charge in [-0.1, -0.05) is 12.1 Å². The topological polar surface area (TPSA) is 95.4 Å². The number of benzene rings is 2. The summed E-state index contributed by atoms with van der Waals surface area (Å²) >= 11 is 0. The highest BCUT2D eigenvalue weighted by Gasteiger charge is 2.22. The van der Waals surface area contributed by atoms with E-state index in [1.165, 1.54) is 24.3 Å². The Balaban J connectivity index is 1.54. The van der Waals surface area contributed by atoms with Crippen molar-refractivity contribution >= 4 is 16.9 Å². The molecule has 28 heavy (non-hydrogen) atoms. The summed E-state index contributed by atoms with van der Waals surface area (Å²) in [6.45, 7) is 1.54. The summed E-state index contributed by atoms with van der Waals surface area (Å²) < 4.78 is 29.2. The standard InChI is InChI=1S/C20H13FN2O5/c1-11(18-22-23-19(28-18)12-6-8-13(21)9-7-12)26-20(25)17-10-15(24)14-4-2-3-5-16(14)27-17/h2-11H,1H3/t11-/m0/s1. The number of rotatable bonds is 4. The molecule has 0 aliphatic rings. The molecule has 4 aromatic rings. The van der Waals surface area contributed by atoms with Crippen LogP contribution in [-0.4, -0.2) is 16.2 Å². The van der Waals surface area contributed by atoms with Gasteiger partial charge in [-0.3, -0.25) is 4.79 Å². The van der Waals surface area contributed by atoms with Gasteiger partial charge in [0.05, 0.1) is 5.39 Å². The van der Waals surface area contributed by atoms with E-state index in [2.05, 4.69) is 10.2 Å². The summed E-state index contributed by atoms with van der Waals surface area (Å²) in [5.41, 5.74) is 0.461. The number of aromatic nitrogens is 2. The van der Waals surface area contributed by atoms with Gasteiger partial charge in [-0.15, -0.1) is 10.2 Å². The summed E-state index contributed by atoms with van der Waals surface area (Å²) in [5, 5.41) is 8.09. The monoisotopic (exact) mass is 380 g/mol. The van der Waals surface area contributed by atoms with Crippen LogP contribution >= 0.6 is 0 Å². The quantitative estimate of drug-likeness (QED) is 0.496. The van der Waals surface area contributed by atoms with E-state index in [4.69, 9.17) is 13.6 Å². The highest BCUT2D eigenvalue weighted by atomic mass is 19.1. The fourth-order valence-electron chi connectivity index (χ4n) is 2.58. The van der Waals surface area contributed by atoms with E-state index in [0.717, 1.165) is 6.07 Å². The summed E-state index contributed by atoms with van der Waals surface area (Å²) in [6.07, 6.45) is -0.883. The highest BCUT2D eigenvalue weighted by molar-refractivity contribution is 5.89. The smallest absolute Gasteiger partial charge is 0.375 e. The molecule has 0 saturated heterocycles. The van der Waals surface area contributed by atoms with Crippen LogP contribution in [0.3, 0.4) is 0 Å². The van der Waals surface area contributed by atoms with Gasteiger partial charge in [0.25, 0.3) is 5.89 Å². The Bertz CT molecular complexity index is 1210. The zero-order chi connectivity index (χ0) is 19.7. The number of nitrogens with zero attached hydrogens (tertiary/aromatic N) is 2. The molecular weight excluding hydrogens is 367 g/mol. The van der Waals surface area contributed by atoms with Gasteiger partial charge < -0.3 is 13.6 Å². The van der Waals surface area contributed by atoms with Crippen molar-refractivity contribution in [2.45, 2.75) is 13.0 Å². The Morgan fingerprint density at radius 3 is 2.61 bits per heavy atom. The number of hydrogen-bond donors (Lipinski definition) is 0. The van der Waals surface area contributed by atoms with Crippen LogP contribution in [0.25, 0.3) is 22.4 Å². The van der Waals surface area contributed by atoms with E-state index in [1.54, 1.807) is 31.2 Å². The minimum atomic E-state index is -0.883. The molecule has 0 aliphatic carbocycles. The summed E-state index contributed by atoms with van der Waals surface area (Å²) in [6, 6.07) is 13.2. The Morgan fingerprint density at radius 2 is 1.82 bits per heavy atom. The fourth-order valence-corrected chi connectivity index (χ4v) is 2.58. The number of para-hydroxylation sites is 1. The van der Waals surface area contributed by atoms with E-state index >= 15 is 0 Å². The van der Waals surface area contributed by atoms with Gasteiger partial charge in [-0.2, -0.15) is 0 Å². The Hall–Kier alpha value is -3.81. The van der Waals surface area contributed by atoms with Crippen molar-refractivity contribution in [1.82, 2.24) is 10.2 Å². The first-order valence-electron chi connectivity index (χ1n) is 8.34. The van der Waals surface area contributed by atoms with Crippen LogP contribution in [0.5, 0.6) is 0 Å². The molecule has 0 amide bonds. The van der Waals surface area contributed by atoms with Crippen LogP contribution in [0.1, 0.15) is 29.5 Å². The molecular formula is C20H13FN2O5. The minimum Gasteiger partial charge on any atom is -0.449 e. The zero-order valence-corrected chi connectivity index (χ0v) is 14.6. The molecule has 2 aromatic heterocycles. The van der Waals surface area contributed by atoms with Crippen molar-refractivity contribution < 1.29 is 22.8 Å². The third-order valence-corrected chi connectivity index (χ3v) is 4.00. The summed E-state index contributed by atoms with van der Waals surface area (Å²) in [7, 11) is 0. The van der Waals surface area contributed by atoms with Crippen molar-refractivity contribution in [1.29, 1.82) is 0 Å².